The summed E-state index contributed by atoms with van der Waals surface area (Å²) >= 11 is 3.28. The second-order valence-corrected chi connectivity index (χ2v) is 4.28. The van der Waals surface area contributed by atoms with Crippen LogP contribution in [0.4, 0.5) is 4.39 Å². The van der Waals surface area contributed by atoms with Crippen LogP contribution in [0, 0.1) is 5.82 Å². The molecule has 1 rings (SSSR count). The number of hydrogen-bond donors (Lipinski definition) is 1. The fourth-order valence-corrected chi connectivity index (χ4v) is 1.57. The fourth-order valence-electron chi connectivity index (χ4n) is 1.17. The number of carbonyl (C=O) groups excluding carboxylic acids is 1. The van der Waals surface area contributed by atoms with Gasteiger partial charge in [-0.25, -0.2) is 4.39 Å². The second kappa shape index (κ2) is 5.98. The van der Waals surface area contributed by atoms with Gasteiger partial charge in [-0.05, 0) is 25.1 Å². The maximum Gasteiger partial charge on any atom is 0.131 e. The van der Waals surface area contributed by atoms with Gasteiger partial charge >= 0.3 is 0 Å². The van der Waals surface area contributed by atoms with E-state index < -0.39 is 0 Å². The van der Waals surface area contributed by atoms with Crippen LogP contribution in [-0.2, 0) is 11.3 Å². The topological polar surface area (TPSA) is 29.1 Å². The van der Waals surface area contributed by atoms with E-state index in [4.69, 9.17) is 0 Å². The molecular weight excluding hydrogens is 261 g/mol. The number of hydrogen-bond acceptors (Lipinski definition) is 2. The number of halogens is 2. The van der Waals surface area contributed by atoms with E-state index in [1.807, 2.05) is 0 Å². The SMILES string of the molecule is CC(=O)CCNCc1cc(Br)ccc1F. The molecule has 0 aromatic heterocycles. The van der Waals surface area contributed by atoms with Crippen molar-refractivity contribution in [3.8, 4) is 0 Å². The van der Waals surface area contributed by atoms with Crippen molar-refractivity contribution in [1.82, 2.24) is 5.32 Å². The molecular formula is C11H13BrFNO. The summed E-state index contributed by atoms with van der Waals surface area (Å²) in [6, 6.07) is 4.82. The van der Waals surface area contributed by atoms with E-state index in [1.165, 1.54) is 6.07 Å². The van der Waals surface area contributed by atoms with Crippen LogP contribution in [0.15, 0.2) is 22.7 Å². The Labute approximate surface area is 97.0 Å². The molecule has 82 valence electrons. The number of nitrogens with one attached hydrogen (secondary N) is 1. The van der Waals surface area contributed by atoms with Crippen LogP contribution < -0.4 is 5.32 Å². The first-order valence-corrected chi connectivity index (χ1v) is 5.53. The van der Waals surface area contributed by atoms with Gasteiger partial charge in [0, 0.05) is 29.5 Å². The predicted octanol–water partition coefficient (Wildman–Crippen LogP) is 2.66. The third-order valence-corrected chi connectivity index (χ3v) is 2.47. The van der Waals surface area contributed by atoms with Crippen molar-refractivity contribution in [2.24, 2.45) is 0 Å². The Bertz CT molecular complexity index is 354. The van der Waals surface area contributed by atoms with Crippen LogP contribution >= 0.6 is 15.9 Å². The lowest BCUT2D eigenvalue weighted by molar-refractivity contribution is -0.116. The highest BCUT2D eigenvalue weighted by atomic mass is 79.9. The molecule has 0 aliphatic heterocycles. The molecule has 1 aromatic rings. The Hall–Kier alpha value is -0.740. The number of carbonyl (C=O) groups is 1. The molecule has 2 nitrogen and oxygen atoms in total. The fraction of sp³-hybridized carbons (Fsp3) is 0.364. The monoisotopic (exact) mass is 273 g/mol. The van der Waals surface area contributed by atoms with Crippen molar-refractivity contribution < 1.29 is 9.18 Å². The Balaban J connectivity index is 2.43. The first-order chi connectivity index (χ1) is 7.09. The van der Waals surface area contributed by atoms with E-state index >= 15 is 0 Å². The summed E-state index contributed by atoms with van der Waals surface area (Å²) in [7, 11) is 0. The normalized spacial score (nSPS) is 10.3. The molecule has 15 heavy (non-hydrogen) atoms. The highest BCUT2D eigenvalue weighted by Gasteiger charge is 2.02. The molecule has 0 amide bonds. The van der Waals surface area contributed by atoms with Gasteiger partial charge in [-0.3, -0.25) is 4.79 Å². The van der Waals surface area contributed by atoms with Crippen molar-refractivity contribution in [3.63, 3.8) is 0 Å². The molecule has 0 saturated carbocycles. The lowest BCUT2D eigenvalue weighted by Crippen LogP contribution is -2.17. The van der Waals surface area contributed by atoms with Crippen LogP contribution in [0.5, 0.6) is 0 Å². The molecule has 1 N–H and O–H groups in total. The van der Waals surface area contributed by atoms with Crippen LogP contribution in [-0.4, -0.2) is 12.3 Å². The van der Waals surface area contributed by atoms with E-state index in [2.05, 4.69) is 21.2 Å². The molecule has 0 bridgehead atoms. The van der Waals surface area contributed by atoms with Gasteiger partial charge < -0.3 is 5.32 Å². The summed E-state index contributed by atoms with van der Waals surface area (Å²) in [5, 5.41) is 3.02. The molecule has 0 atom stereocenters. The highest BCUT2D eigenvalue weighted by Crippen LogP contribution is 2.15. The van der Waals surface area contributed by atoms with Gasteiger partial charge in [0.25, 0.3) is 0 Å². The molecule has 0 unspecified atom stereocenters. The zero-order valence-electron chi connectivity index (χ0n) is 8.52. The van der Waals surface area contributed by atoms with Gasteiger partial charge in [-0.2, -0.15) is 0 Å². The third kappa shape index (κ3) is 4.53. The summed E-state index contributed by atoms with van der Waals surface area (Å²) < 4.78 is 14.1. The largest absolute Gasteiger partial charge is 0.312 e. The first kappa shape index (κ1) is 12.3. The van der Waals surface area contributed by atoms with Crippen LogP contribution in [0.1, 0.15) is 18.9 Å². The molecule has 4 heteroatoms. The summed E-state index contributed by atoms with van der Waals surface area (Å²) in [5.74, 6) is -0.0919. The van der Waals surface area contributed by atoms with Crippen molar-refractivity contribution in [1.29, 1.82) is 0 Å². The van der Waals surface area contributed by atoms with Crippen molar-refractivity contribution in [2.45, 2.75) is 19.9 Å². The van der Waals surface area contributed by atoms with Gasteiger partial charge in [0.15, 0.2) is 0 Å². The Morgan fingerprint density at radius 3 is 2.93 bits per heavy atom. The number of rotatable bonds is 5. The minimum atomic E-state index is -0.228. The van der Waals surface area contributed by atoms with Gasteiger partial charge in [0.1, 0.15) is 11.6 Å². The first-order valence-electron chi connectivity index (χ1n) is 4.73. The number of ketones is 1. The summed E-state index contributed by atoms with van der Waals surface area (Å²) in [4.78, 5) is 10.7. The molecule has 0 radical (unpaired) electrons. The molecule has 0 fully saturated rings. The Morgan fingerprint density at radius 1 is 1.53 bits per heavy atom. The van der Waals surface area contributed by atoms with Gasteiger partial charge in [-0.1, -0.05) is 15.9 Å². The molecule has 0 aliphatic carbocycles. The molecule has 0 saturated heterocycles. The summed E-state index contributed by atoms with van der Waals surface area (Å²) in [6.45, 7) is 2.57. The van der Waals surface area contributed by atoms with E-state index in [-0.39, 0.29) is 11.6 Å². The van der Waals surface area contributed by atoms with Crippen LogP contribution in [0.2, 0.25) is 0 Å². The van der Waals surface area contributed by atoms with E-state index in [0.29, 0.717) is 25.1 Å². The molecule has 1 aromatic carbocycles. The highest BCUT2D eigenvalue weighted by molar-refractivity contribution is 9.10. The summed E-state index contributed by atoms with van der Waals surface area (Å²) in [5.41, 5.74) is 0.605. The molecule has 0 spiro atoms. The number of Topliss-reactive ketones (excluding diaryl/α,β-unsaturated/α-hetero) is 1. The van der Waals surface area contributed by atoms with Crippen molar-refractivity contribution in [3.05, 3.63) is 34.1 Å². The minimum absolute atomic E-state index is 0.136. The average Bonchev–Trinajstić information content (AvgIpc) is 2.17. The zero-order valence-corrected chi connectivity index (χ0v) is 10.1. The van der Waals surface area contributed by atoms with E-state index in [1.54, 1.807) is 19.1 Å². The van der Waals surface area contributed by atoms with Crippen molar-refractivity contribution >= 4 is 21.7 Å². The van der Waals surface area contributed by atoms with E-state index in [9.17, 15) is 9.18 Å². The zero-order chi connectivity index (χ0) is 11.3. The quantitative estimate of drug-likeness (QED) is 0.836. The number of benzene rings is 1. The second-order valence-electron chi connectivity index (χ2n) is 3.36. The van der Waals surface area contributed by atoms with Gasteiger partial charge in [0.05, 0.1) is 0 Å². The van der Waals surface area contributed by atoms with E-state index in [0.717, 1.165) is 4.47 Å². The molecule has 0 aliphatic rings. The van der Waals surface area contributed by atoms with Gasteiger partial charge in [-0.15, -0.1) is 0 Å². The summed E-state index contributed by atoms with van der Waals surface area (Å²) in [6.07, 6.45) is 0.482. The van der Waals surface area contributed by atoms with Crippen LogP contribution in [0.25, 0.3) is 0 Å². The average molecular weight is 274 g/mol. The lowest BCUT2D eigenvalue weighted by atomic mass is 10.2. The standard InChI is InChI=1S/C11H13BrFNO/c1-8(15)4-5-14-7-9-6-10(12)2-3-11(9)13/h2-3,6,14H,4-5,7H2,1H3. The lowest BCUT2D eigenvalue weighted by Gasteiger charge is -2.05. The molecule has 0 heterocycles. The maximum atomic E-state index is 13.2. The van der Waals surface area contributed by atoms with Crippen molar-refractivity contribution in [2.75, 3.05) is 6.54 Å². The van der Waals surface area contributed by atoms with Crippen LogP contribution in [0.3, 0.4) is 0 Å². The van der Waals surface area contributed by atoms with Gasteiger partial charge in [0.2, 0.25) is 0 Å². The maximum absolute atomic E-state index is 13.2. The predicted molar refractivity (Wildman–Crippen MR) is 61.1 cm³/mol. The third-order valence-electron chi connectivity index (χ3n) is 1.98. The smallest absolute Gasteiger partial charge is 0.131 e. The Morgan fingerprint density at radius 2 is 2.27 bits per heavy atom. The Kier molecular flexibility index (Phi) is 4.91. The minimum Gasteiger partial charge on any atom is -0.312 e.